The van der Waals surface area contributed by atoms with Crippen LogP contribution in [0.2, 0.25) is 0 Å². The van der Waals surface area contributed by atoms with Gasteiger partial charge in [0, 0.05) is 11.9 Å². The Hall–Kier alpha value is -1.63. The van der Waals surface area contributed by atoms with E-state index in [4.69, 9.17) is 0 Å². The molecule has 96 valence electrons. The molecule has 0 aromatic heterocycles. The van der Waals surface area contributed by atoms with Crippen molar-refractivity contribution < 1.29 is 0 Å². The maximum atomic E-state index is 4.47. The molecule has 0 aliphatic rings. The minimum Gasteiger partial charge on any atom is -0.261 e. The van der Waals surface area contributed by atoms with E-state index in [2.05, 4.69) is 49.7 Å². The summed E-state index contributed by atoms with van der Waals surface area (Å²) in [6, 6.07) is 8.63. The summed E-state index contributed by atoms with van der Waals surface area (Å²) < 4.78 is 0. The van der Waals surface area contributed by atoms with E-state index < -0.39 is 0 Å². The molecule has 1 heteroatoms. The van der Waals surface area contributed by atoms with Crippen molar-refractivity contribution in [1.82, 2.24) is 0 Å². The van der Waals surface area contributed by atoms with E-state index in [1.807, 2.05) is 26.1 Å². The van der Waals surface area contributed by atoms with E-state index in [0.29, 0.717) is 5.92 Å². The molecule has 0 N–H and O–H groups in total. The number of rotatable bonds is 5. The fraction of sp³-hybridized carbons (Fsp3) is 0.353. The molecule has 0 heterocycles. The standard InChI is InChI=1S/C17H23N/c1-6-14(4)12-18-15(5)17-9-7-8-16(11-17)10-13(2)3/h6-9,11-13H,1,10H2,2-5H3/b14-12-,18-15?. The van der Waals surface area contributed by atoms with Gasteiger partial charge < -0.3 is 0 Å². The van der Waals surface area contributed by atoms with Crippen LogP contribution in [0.5, 0.6) is 0 Å². The number of hydrogen-bond donors (Lipinski definition) is 0. The van der Waals surface area contributed by atoms with Crippen molar-refractivity contribution in [3.05, 3.63) is 59.8 Å². The summed E-state index contributed by atoms with van der Waals surface area (Å²) >= 11 is 0. The van der Waals surface area contributed by atoms with Crippen molar-refractivity contribution in [1.29, 1.82) is 0 Å². The van der Waals surface area contributed by atoms with Gasteiger partial charge in [0.2, 0.25) is 0 Å². The first-order valence-corrected chi connectivity index (χ1v) is 6.46. The van der Waals surface area contributed by atoms with Gasteiger partial charge in [-0.05, 0) is 49.0 Å². The minimum absolute atomic E-state index is 0.681. The van der Waals surface area contributed by atoms with Gasteiger partial charge in [-0.3, -0.25) is 4.99 Å². The Kier molecular flexibility index (Phi) is 5.57. The van der Waals surface area contributed by atoms with Crippen LogP contribution in [0.25, 0.3) is 0 Å². The van der Waals surface area contributed by atoms with Gasteiger partial charge in [-0.25, -0.2) is 0 Å². The quantitative estimate of drug-likeness (QED) is 0.519. The van der Waals surface area contributed by atoms with Crippen LogP contribution in [0.3, 0.4) is 0 Å². The van der Waals surface area contributed by atoms with Crippen LogP contribution in [0.4, 0.5) is 0 Å². The molecule has 0 unspecified atom stereocenters. The number of hydrogen-bond acceptors (Lipinski definition) is 1. The van der Waals surface area contributed by atoms with Crippen molar-refractivity contribution in [3.8, 4) is 0 Å². The van der Waals surface area contributed by atoms with Gasteiger partial charge in [0.05, 0.1) is 0 Å². The molecule has 1 aromatic carbocycles. The first-order valence-electron chi connectivity index (χ1n) is 6.46. The van der Waals surface area contributed by atoms with Gasteiger partial charge in [-0.2, -0.15) is 0 Å². The Morgan fingerprint density at radius 3 is 2.67 bits per heavy atom. The third-order valence-corrected chi connectivity index (χ3v) is 2.77. The van der Waals surface area contributed by atoms with E-state index >= 15 is 0 Å². The Morgan fingerprint density at radius 1 is 1.33 bits per heavy atom. The highest BCUT2D eigenvalue weighted by Gasteiger charge is 2.01. The second-order valence-corrected chi connectivity index (χ2v) is 5.09. The van der Waals surface area contributed by atoms with Gasteiger partial charge in [0.25, 0.3) is 0 Å². The minimum atomic E-state index is 0.681. The maximum absolute atomic E-state index is 4.47. The molecule has 1 nitrogen and oxygen atoms in total. The first-order chi connectivity index (χ1) is 8.52. The summed E-state index contributed by atoms with van der Waals surface area (Å²) in [5, 5.41) is 0. The molecule has 0 saturated heterocycles. The summed E-state index contributed by atoms with van der Waals surface area (Å²) in [5.74, 6) is 0.681. The van der Waals surface area contributed by atoms with Crippen LogP contribution in [0.15, 0.2) is 53.7 Å². The van der Waals surface area contributed by atoms with Crippen molar-refractivity contribution in [3.63, 3.8) is 0 Å². The molecule has 0 amide bonds. The molecule has 0 aliphatic heterocycles. The van der Waals surface area contributed by atoms with E-state index in [-0.39, 0.29) is 0 Å². The van der Waals surface area contributed by atoms with Crippen molar-refractivity contribution in [2.45, 2.75) is 34.1 Å². The second-order valence-electron chi connectivity index (χ2n) is 5.09. The van der Waals surface area contributed by atoms with Crippen molar-refractivity contribution >= 4 is 5.71 Å². The van der Waals surface area contributed by atoms with E-state index in [1.54, 1.807) is 0 Å². The van der Waals surface area contributed by atoms with Crippen molar-refractivity contribution in [2.24, 2.45) is 10.9 Å². The number of aliphatic imine (C=N–C) groups is 1. The van der Waals surface area contributed by atoms with Crippen LogP contribution in [-0.4, -0.2) is 5.71 Å². The monoisotopic (exact) mass is 241 g/mol. The lowest BCUT2D eigenvalue weighted by Gasteiger charge is -2.07. The molecule has 0 saturated carbocycles. The molecule has 1 rings (SSSR count). The highest BCUT2D eigenvalue weighted by molar-refractivity contribution is 5.99. The SMILES string of the molecule is C=C/C(C)=C\N=C(C)c1cccc(CC(C)C)c1. The smallest absolute Gasteiger partial charge is 0.0445 e. The highest BCUT2D eigenvalue weighted by Crippen LogP contribution is 2.11. The molecule has 18 heavy (non-hydrogen) atoms. The Balaban J connectivity index is 2.92. The lowest BCUT2D eigenvalue weighted by Crippen LogP contribution is -1.98. The zero-order valence-corrected chi connectivity index (χ0v) is 11.9. The number of allylic oxidation sites excluding steroid dienone is 2. The van der Waals surface area contributed by atoms with Gasteiger partial charge in [-0.1, -0.05) is 44.7 Å². The fourth-order valence-corrected chi connectivity index (χ4v) is 1.72. The van der Waals surface area contributed by atoms with E-state index in [1.165, 1.54) is 11.1 Å². The van der Waals surface area contributed by atoms with Crippen molar-refractivity contribution in [2.75, 3.05) is 0 Å². The average molecular weight is 241 g/mol. The zero-order valence-electron chi connectivity index (χ0n) is 11.9. The van der Waals surface area contributed by atoms with Crippen LogP contribution >= 0.6 is 0 Å². The number of benzene rings is 1. The van der Waals surface area contributed by atoms with Crippen LogP contribution in [0, 0.1) is 5.92 Å². The molecule has 1 aromatic rings. The molecule has 0 atom stereocenters. The van der Waals surface area contributed by atoms with Gasteiger partial charge in [-0.15, -0.1) is 0 Å². The van der Waals surface area contributed by atoms with Crippen LogP contribution < -0.4 is 0 Å². The Morgan fingerprint density at radius 2 is 2.06 bits per heavy atom. The van der Waals surface area contributed by atoms with E-state index in [0.717, 1.165) is 17.7 Å². The predicted octanol–water partition coefficient (Wildman–Crippen LogP) is 4.78. The second kappa shape index (κ2) is 6.95. The van der Waals surface area contributed by atoms with Gasteiger partial charge >= 0.3 is 0 Å². The van der Waals surface area contributed by atoms with E-state index in [9.17, 15) is 0 Å². The lowest BCUT2D eigenvalue weighted by molar-refractivity contribution is 0.647. The molecule has 0 aliphatic carbocycles. The summed E-state index contributed by atoms with van der Waals surface area (Å²) in [6.07, 6.45) is 4.78. The predicted molar refractivity (Wildman–Crippen MR) is 81.1 cm³/mol. The summed E-state index contributed by atoms with van der Waals surface area (Å²) in [5.41, 5.74) is 4.69. The molecule has 0 spiro atoms. The largest absolute Gasteiger partial charge is 0.261 e. The Bertz CT molecular complexity index is 464. The molecule has 0 fully saturated rings. The van der Waals surface area contributed by atoms with Gasteiger partial charge in [0.15, 0.2) is 0 Å². The highest BCUT2D eigenvalue weighted by atomic mass is 14.7. The summed E-state index contributed by atoms with van der Waals surface area (Å²) in [7, 11) is 0. The first kappa shape index (κ1) is 14.4. The third kappa shape index (κ3) is 4.70. The topological polar surface area (TPSA) is 12.4 Å². The molecule has 0 radical (unpaired) electrons. The summed E-state index contributed by atoms with van der Waals surface area (Å²) in [6.45, 7) is 12.2. The average Bonchev–Trinajstić information content (AvgIpc) is 2.35. The molecular weight excluding hydrogens is 218 g/mol. The zero-order chi connectivity index (χ0) is 13.5. The third-order valence-electron chi connectivity index (χ3n) is 2.77. The van der Waals surface area contributed by atoms with Crippen LogP contribution in [0.1, 0.15) is 38.8 Å². The lowest BCUT2D eigenvalue weighted by atomic mass is 10.00. The fourth-order valence-electron chi connectivity index (χ4n) is 1.72. The number of nitrogens with zero attached hydrogens (tertiary/aromatic N) is 1. The molecule has 0 bridgehead atoms. The maximum Gasteiger partial charge on any atom is 0.0445 e. The Labute approximate surface area is 111 Å². The molecular formula is C17H23N. The normalized spacial score (nSPS) is 12.9. The van der Waals surface area contributed by atoms with Gasteiger partial charge in [0.1, 0.15) is 0 Å². The summed E-state index contributed by atoms with van der Waals surface area (Å²) in [4.78, 5) is 4.47. The van der Waals surface area contributed by atoms with Crippen LogP contribution in [-0.2, 0) is 6.42 Å².